The Morgan fingerprint density at radius 2 is 2.07 bits per heavy atom. The molecule has 0 heterocycles. The molecule has 1 nitrogen and oxygen atoms in total. The lowest BCUT2D eigenvalue weighted by Gasteiger charge is -2.14. The van der Waals surface area contributed by atoms with E-state index in [1.807, 2.05) is 0 Å². The lowest BCUT2D eigenvalue weighted by atomic mass is 9.92. The highest BCUT2D eigenvalue weighted by atomic mass is 14.6. The van der Waals surface area contributed by atoms with Crippen LogP contribution in [0.25, 0.3) is 0 Å². The molecule has 0 bridgehead atoms. The van der Waals surface area contributed by atoms with Crippen LogP contribution in [0.4, 0.5) is 0 Å². The van der Waals surface area contributed by atoms with Gasteiger partial charge in [-0.05, 0) is 31.6 Å². The molecule has 0 saturated carbocycles. The number of rotatable bonds is 4. The molecule has 0 aliphatic heterocycles. The summed E-state index contributed by atoms with van der Waals surface area (Å²) in [5, 5.41) is 0. The van der Waals surface area contributed by atoms with Crippen LogP contribution in [0.15, 0.2) is 11.6 Å². The minimum Gasteiger partial charge on any atom is -0.324 e. The van der Waals surface area contributed by atoms with Gasteiger partial charge in [0.15, 0.2) is 0 Å². The van der Waals surface area contributed by atoms with E-state index in [2.05, 4.69) is 19.9 Å². The van der Waals surface area contributed by atoms with Gasteiger partial charge in [-0.1, -0.05) is 44.8 Å². The Morgan fingerprint density at radius 1 is 1.36 bits per heavy atom. The van der Waals surface area contributed by atoms with Crippen LogP contribution >= 0.6 is 0 Å². The van der Waals surface area contributed by atoms with Crippen LogP contribution in [0.2, 0.25) is 0 Å². The molecule has 1 aliphatic rings. The summed E-state index contributed by atoms with van der Waals surface area (Å²) in [5.41, 5.74) is 7.64. The van der Waals surface area contributed by atoms with Gasteiger partial charge in [-0.2, -0.15) is 0 Å². The maximum absolute atomic E-state index is 6.01. The lowest BCUT2D eigenvalue weighted by Crippen LogP contribution is -2.16. The molecular weight excluding hydrogens is 170 g/mol. The zero-order valence-electron chi connectivity index (χ0n) is 9.76. The molecule has 1 aliphatic carbocycles. The Hall–Kier alpha value is -0.300. The molecule has 2 N–H and O–H groups in total. The summed E-state index contributed by atoms with van der Waals surface area (Å²) < 4.78 is 0. The Balaban J connectivity index is 2.47. The SMILES string of the molecule is CCC(CC)CC1=CC(N)CCCC1. The smallest absolute Gasteiger partial charge is 0.0226 e. The van der Waals surface area contributed by atoms with Crippen molar-refractivity contribution in [1.29, 1.82) is 0 Å². The Bertz CT molecular complexity index is 180. The first kappa shape index (κ1) is 11.8. The maximum Gasteiger partial charge on any atom is 0.0226 e. The summed E-state index contributed by atoms with van der Waals surface area (Å²) in [5.74, 6) is 0.881. The average molecular weight is 195 g/mol. The Labute approximate surface area is 88.8 Å². The summed E-state index contributed by atoms with van der Waals surface area (Å²) in [6.45, 7) is 4.59. The van der Waals surface area contributed by atoms with Crippen molar-refractivity contribution in [3.05, 3.63) is 11.6 Å². The predicted molar refractivity (Wildman–Crippen MR) is 63.2 cm³/mol. The van der Waals surface area contributed by atoms with E-state index in [4.69, 9.17) is 5.73 Å². The van der Waals surface area contributed by atoms with Crippen LogP contribution in [-0.4, -0.2) is 6.04 Å². The zero-order chi connectivity index (χ0) is 10.4. The van der Waals surface area contributed by atoms with E-state index in [1.165, 1.54) is 44.9 Å². The van der Waals surface area contributed by atoms with Gasteiger partial charge in [0, 0.05) is 6.04 Å². The molecule has 0 amide bonds. The topological polar surface area (TPSA) is 26.0 Å². The van der Waals surface area contributed by atoms with Crippen molar-refractivity contribution >= 4 is 0 Å². The van der Waals surface area contributed by atoms with Crippen LogP contribution in [0.1, 0.15) is 58.8 Å². The standard InChI is InChI=1S/C13H25N/c1-3-11(4-2)9-12-7-5-6-8-13(14)10-12/h10-11,13H,3-9,14H2,1-2H3. The number of nitrogens with two attached hydrogens (primary N) is 1. The summed E-state index contributed by atoms with van der Waals surface area (Å²) in [7, 11) is 0. The van der Waals surface area contributed by atoms with Crippen molar-refractivity contribution in [1.82, 2.24) is 0 Å². The molecular formula is C13H25N. The summed E-state index contributed by atoms with van der Waals surface area (Å²) >= 11 is 0. The van der Waals surface area contributed by atoms with Crippen molar-refractivity contribution in [2.75, 3.05) is 0 Å². The van der Waals surface area contributed by atoms with E-state index in [-0.39, 0.29) is 0 Å². The van der Waals surface area contributed by atoms with Gasteiger partial charge in [0.05, 0.1) is 0 Å². The Kier molecular flexibility index (Phi) is 5.24. The van der Waals surface area contributed by atoms with Crippen LogP contribution < -0.4 is 5.73 Å². The van der Waals surface area contributed by atoms with Crippen molar-refractivity contribution in [3.8, 4) is 0 Å². The highest BCUT2D eigenvalue weighted by molar-refractivity contribution is 5.09. The predicted octanol–water partition coefficient (Wildman–Crippen LogP) is 3.64. The van der Waals surface area contributed by atoms with Gasteiger partial charge in [-0.3, -0.25) is 0 Å². The van der Waals surface area contributed by atoms with E-state index < -0.39 is 0 Å². The van der Waals surface area contributed by atoms with Crippen LogP contribution in [-0.2, 0) is 0 Å². The van der Waals surface area contributed by atoms with Gasteiger partial charge < -0.3 is 5.73 Å². The Morgan fingerprint density at radius 3 is 2.71 bits per heavy atom. The highest BCUT2D eigenvalue weighted by Crippen LogP contribution is 2.25. The van der Waals surface area contributed by atoms with Gasteiger partial charge in [-0.25, -0.2) is 0 Å². The fraction of sp³-hybridized carbons (Fsp3) is 0.846. The normalized spacial score (nSPS) is 23.4. The third kappa shape index (κ3) is 3.83. The second-order valence-electron chi connectivity index (χ2n) is 4.62. The van der Waals surface area contributed by atoms with Crippen molar-refractivity contribution in [2.45, 2.75) is 64.8 Å². The summed E-state index contributed by atoms with van der Waals surface area (Å²) in [6.07, 6.45) is 11.4. The van der Waals surface area contributed by atoms with Gasteiger partial charge in [0.25, 0.3) is 0 Å². The van der Waals surface area contributed by atoms with E-state index in [0.29, 0.717) is 6.04 Å². The number of hydrogen-bond acceptors (Lipinski definition) is 1. The van der Waals surface area contributed by atoms with Crippen molar-refractivity contribution in [2.24, 2.45) is 11.7 Å². The molecule has 1 atom stereocenters. The lowest BCUT2D eigenvalue weighted by molar-refractivity contribution is 0.480. The molecule has 0 radical (unpaired) electrons. The van der Waals surface area contributed by atoms with Gasteiger partial charge in [-0.15, -0.1) is 0 Å². The van der Waals surface area contributed by atoms with Crippen LogP contribution in [0.3, 0.4) is 0 Å². The summed E-state index contributed by atoms with van der Waals surface area (Å²) in [4.78, 5) is 0. The molecule has 0 aromatic carbocycles. The number of hydrogen-bond donors (Lipinski definition) is 1. The third-order valence-electron chi connectivity index (χ3n) is 3.44. The zero-order valence-corrected chi connectivity index (χ0v) is 9.76. The molecule has 1 heteroatoms. The molecule has 1 unspecified atom stereocenters. The largest absolute Gasteiger partial charge is 0.324 e. The molecule has 1 rings (SSSR count). The first-order valence-electron chi connectivity index (χ1n) is 6.21. The molecule has 0 fully saturated rings. The van der Waals surface area contributed by atoms with E-state index in [0.717, 1.165) is 5.92 Å². The highest BCUT2D eigenvalue weighted by Gasteiger charge is 2.11. The van der Waals surface area contributed by atoms with Crippen LogP contribution in [0.5, 0.6) is 0 Å². The number of allylic oxidation sites excluding steroid dienone is 1. The fourth-order valence-corrected chi connectivity index (χ4v) is 2.32. The quantitative estimate of drug-likeness (QED) is 0.681. The van der Waals surface area contributed by atoms with E-state index >= 15 is 0 Å². The fourth-order valence-electron chi connectivity index (χ4n) is 2.32. The second kappa shape index (κ2) is 6.23. The monoisotopic (exact) mass is 195 g/mol. The van der Waals surface area contributed by atoms with Crippen molar-refractivity contribution in [3.63, 3.8) is 0 Å². The third-order valence-corrected chi connectivity index (χ3v) is 3.44. The van der Waals surface area contributed by atoms with Gasteiger partial charge in [0.1, 0.15) is 0 Å². The summed E-state index contributed by atoms with van der Waals surface area (Å²) in [6, 6.07) is 0.335. The maximum atomic E-state index is 6.01. The van der Waals surface area contributed by atoms with E-state index in [9.17, 15) is 0 Å². The second-order valence-corrected chi connectivity index (χ2v) is 4.62. The molecule has 0 spiro atoms. The minimum atomic E-state index is 0.335. The first-order valence-corrected chi connectivity index (χ1v) is 6.21. The van der Waals surface area contributed by atoms with Gasteiger partial charge >= 0.3 is 0 Å². The molecule has 82 valence electrons. The molecule has 0 saturated heterocycles. The molecule has 0 aromatic rings. The van der Waals surface area contributed by atoms with Crippen molar-refractivity contribution < 1.29 is 0 Å². The van der Waals surface area contributed by atoms with Gasteiger partial charge in [0.2, 0.25) is 0 Å². The molecule has 14 heavy (non-hydrogen) atoms. The minimum absolute atomic E-state index is 0.335. The molecule has 0 aromatic heterocycles. The average Bonchev–Trinajstić information content (AvgIpc) is 2.39. The van der Waals surface area contributed by atoms with E-state index in [1.54, 1.807) is 5.57 Å². The van der Waals surface area contributed by atoms with Crippen LogP contribution in [0, 0.1) is 5.92 Å². The first-order chi connectivity index (χ1) is 6.76.